The molecular formula is C18H21NO4S2. The van der Waals surface area contributed by atoms with E-state index in [-0.39, 0.29) is 11.0 Å². The van der Waals surface area contributed by atoms with Gasteiger partial charge in [0.05, 0.1) is 15.9 Å². The predicted molar refractivity (Wildman–Crippen MR) is 97.2 cm³/mol. The number of benzene rings is 2. The first kappa shape index (κ1) is 18.1. The summed E-state index contributed by atoms with van der Waals surface area (Å²) in [5, 5.41) is 0. The molecule has 0 spiro atoms. The molecule has 0 N–H and O–H groups in total. The molecule has 0 amide bonds. The minimum atomic E-state index is -4.06. The Morgan fingerprint density at radius 3 is 2.20 bits per heavy atom. The monoisotopic (exact) mass is 379 g/mol. The van der Waals surface area contributed by atoms with E-state index in [1.807, 2.05) is 13.8 Å². The zero-order valence-electron chi connectivity index (χ0n) is 14.2. The molecule has 1 aliphatic rings. The maximum absolute atomic E-state index is 13.6. The average Bonchev–Trinajstić information content (AvgIpc) is 3.36. The summed E-state index contributed by atoms with van der Waals surface area (Å²) in [5.41, 5.74) is 0.256. The Kier molecular flexibility index (Phi) is 4.99. The number of hydrogen-bond acceptors (Lipinski definition) is 4. The smallest absolute Gasteiger partial charge is 0.290 e. The number of epoxide rings is 1. The van der Waals surface area contributed by atoms with Crippen LogP contribution in [-0.4, -0.2) is 24.2 Å². The van der Waals surface area contributed by atoms with Crippen molar-refractivity contribution < 1.29 is 17.4 Å². The standard InChI is InChI=1S/C18H21NO4S2/c1-3-7-17-18(23-17)24(20,15-8-5-4-6-9-15)19-25(21,22)16-12-10-14(2)11-13-16/h4-6,8-13,17-18H,3,7H2,1-2H3/t17-,18-,24?/m0/s1. The highest BCUT2D eigenvalue weighted by molar-refractivity contribution is 8.03. The second kappa shape index (κ2) is 6.90. The van der Waals surface area contributed by atoms with Gasteiger partial charge in [0.2, 0.25) is 0 Å². The van der Waals surface area contributed by atoms with Crippen LogP contribution in [0.15, 0.2) is 68.2 Å². The highest BCUT2D eigenvalue weighted by Crippen LogP contribution is 2.38. The van der Waals surface area contributed by atoms with Crippen LogP contribution in [0.5, 0.6) is 0 Å². The van der Waals surface area contributed by atoms with Gasteiger partial charge in [-0.1, -0.05) is 53.0 Å². The summed E-state index contributed by atoms with van der Waals surface area (Å²) in [6.45, 7) is 3.87. The highest BCUT2D eigenvalue weighted by Gasteiger charge is 2.48. The summed E-state index contributed by atoms with van der Waals surface area (Å²) < 4.78 is 48.5. The van der Waals surface area contributed by atoms with E-state index in [0.29, 0.717) is 4.90 Å². The van der Waals surface area contributed by atoms with Crippen molar-refractivity contribution in [1.29, 1.82) is 0 Å². The van der Waals surface area contributed by atoms with Gasteiger partial charge in [0.1, 0.15) is 9.73 Å². The molecule has 1 saturated heterocycles. The Morgan fingerprint density at radius 2 is 1.60 bits per heavy atom. The van der Waals surface area contributed by atoms with Crippen LogP contribution in [-0.2, 0) is 24.5 Å². The topological polar surface area (TPSA) is 76.1 Å². The molecule has 5 nitrogen and oxygen atoms in total. The van der Waals surface area contributed by atoms with Crippen molar-refractivity contribution in [3.63, 3.8) is 0 Å². The van der Waals surface area contributed by atoms with Crippen LogP contribution in [0, 0.1) is 6.92 Å². The SMILES string of the molecule is CCC[C@@H]1O[C@H]1S(=O)(=NS(=O)(=O)c1ccc(C)cc1)c1ccccc1. The minimum Gasteiger partial charge on any atom is -0.354 e. The van der Waals surface area contributed by atoms with Crippen LogP contribution in [0.3, 0.4) is 0 Å². The van der Waals surface area contributed by atoms with E-state index in [4.69, 9.17) is 4.74 Å². The van der Waals surface area contributed by atoms with Gasteiger partial charge in [0, 0.05) is 0 Å². The zero-order chi connectivity index (χ0) is 18.1. The highest BCUT2D eigenvalue weighted by atomic mass is 32.3. The Bertz CT molecular complexity index is 960. The van der Waals surface area contributed by atoms with Gasteiger partial charge in [-0.25, -0.2) is 4.21 Å². The van der Waals surface area contributed by atoms with E-state index < -0.39 is 25.2 Å². The first-order valence-electron chi connectivity index (χ1n) is 8.16. The van der Waals surface area contributed by atoms with Crippen molar-refractivity contribution in [2.45, 2.75) is 48.0 Å². The van der Waals surface area contributed by atoms with Gasteiger partial charge >= 0.3 is 0 Å². The van der Waals surface area contributed by atoms with Gasteiger partial charge in [-0.3, -0.25) is 0 Å². The Balaban J connectivity index is 2.10. The molecule has 0 aliphatic carbocycles. The van der Waals surface area contributed by atoms with Gasteiger partial charge in [-0.05, 0) is 37.6 Å². The lowest BCUT2D eigenvalue weighted by Gasteiger charge is -2.08. The van der Waals surface area contributed by atoms with Crippen molar-refractivity contribution in [2.75, 3.05) is 0 Å². The van der Waals surface area contributed by atoms with Crippen molar-refractivity contribution in [3.05, 3.63) is 60.2 Å². The fourth-order valence-electron chi connectivity index (χ4n) is 2.63. The van der Waals surface area contributed by atoms with Crippen molar-refractivity contribution in [1.82, 2.24) is 0 Å². The van der Waals surface area contributed by atoms with E-state index in [1.54, 1.807) is 42.5 Å². The van der Waals surface area contributed by atoms with Gasteiger partial charge in [0.15, 0.2) is 5.44 Å². The summed E-state index contributed by atoms with van der Waals surface area (Å²) >= 11 is 0. The zero-order valence-corrected chi connectivity index (χ0v) is 15.8. The third-order valence-corrected chi connectivity index (χ3v) is 8.56. The summed E-state index contributed by atoms with van der Waals surface area (Å²) in [6, 6.07) is 14.9. The van der Waals surface area contributed by atoms with E-state index in [2.05, 4.69) is 3.77 Å². The van der Waals surface area contributed by atoms with Crippen LogP contribution in [0.1, 0.15) is 25.3 Å². The summed E-state index contributed by atoms with van der Waals surface area (Å²) in [5.74, 6) is 0. The van der Waals surface area contributed by atoms with E-state index in [9.17, 15) is 12.6 Å². The molecule has 7 heteroatoms. The maximum Gasteiger partial charge on any atom is 0.290 e. The summed E-state index contributed by atoms with van der Waals surface area (Å²) in [6.07, 6.45) is 1.39. The van der Waals surface area contributed by atoms with Gasteiger partial charge < -0.3 is 4.74 Å². The van der Waals surface area contributed by atoms with E-state index in [1.165, 1.54) is 12.1 Å². The molecule has 25 heavy (non-hydrogen) atoms. The van der Waals surface area contributed by atoms with Crippen LogP contribution >= 0.6 is 0 Å². The molecule has 1 fully saturated rings. The van der Waals surface area contributed by atoms with Gasteiger partial charge in [0.25, 0.3) is 10.0 Å². The molecular weight excluding hydrogens is 358 g/mol. The lowest BCUT2D eigenvalue weighted by atomic mass is 10.2. The molecule has 2 aromatic rings. The Labute approximate surface area is 149 Å². The van der Waals surface area contributed by atoms with Crippen LogP contribution < -0.4 is 0 Å². The van der Waals surface area contributed by atoms with E-state index in [0.717, 1.165) is 18.4 Å². The Hall–Kier alpha value is -1.70. The molecule has 3 rings (SSSR count). The van der Waals surface area contributed by atoms with E-state index >= 15 is 0 Å². The maximum atomic E-state index is 13.6. The quantitative estimate of drug-likeness (QED) is 0.717. The summed E-state index contributed by atoms with van der Waals surface area (Å²) in [4.78, 5) is 0.420. The van der Waals surface area contributed by atoms with Crippen molar-refractivity contribution >= 4 is 19.8 Å². The molecule has 0 bridgehead atoms. The molecule has 0 radical (unpaired) electrons. The molecule has 3 atom stereocenters. The van der Waals surface area contributed by atoms with Crippen LogP contribution in [0.4, 0.5) is 0 Å². The first-order chi connectivity index (χ1) is 11.9. The first-order valence-corrected chi connectivity index (χ1v) is 11.2. The van der Waals surface area contributed by atoms with Gasteiger partial charge in [-0.15, -0.1) is 0 Å². The number of sulfonamides is 1. The van der Waals surface area contributed by atoms with Crippen LogP contribution in [0.2, 0.25) is 0 Å². The third-order valence-electron chi connectivity index (χ3n) is 4.03. The average molecular weight is 380 g/mol. The normalized spacial score (nSPS) is 22.2. The lowest BCUT2D eigenvalue weighted by molar-refractivity contribution is 0.385. The minimum absolute atomic E-state index is 0.0365. The number of nitrogens with zero attached hydrogens (tertiary/aromatic N) is 1. The molecule has 1 unspecified atom stereocenters. The number of ether oxygens (including phenoxy) is 1. The second-order valence-electron chi connectivity index (χ2n) is 6.08. The van der Waals surface area contributed by atoms with Crippen LogP contribution in [0.25, 0.3) is 0 Å². The predicted octanol–water partition coefficient (Wildman–Crippen LogP) is 3.74. The fraction of sp³-hybridized carbons (Fsp3) is 0.333. The Morgan fingerprint density at radius 1 is 0.960 bits per heavy atom. The molecule has 0 saturated carbocycles. The van der Waals surface area contributed by atoms with Gasteiger partial charge in [-0.2, -0.15) is 8.42 Å². The van der Waals surface area contributed by atoms with Crippen molar-refractivity contribution in [2.24, 2.45) is 3.77 Å². The van der Waals surface area contributed by atoms with Crippen molar-refractivity contribution in [3.8, 4) is 0 Å². The number of hydrogen-bond donors (Lipinski definition) is 0. The molecule has 1 heterocycles. The lowest BCUT2D eigenvalue weighted by Crippen LogP contribution is -2.14. The number of rotatable bonds is 6. The molecule has 0 aromatic heterocycles. The number of aryl methyl sites for hydroxylation is 1. The molecule has 2 aromatic carbocycles. The fourth-order valence-corrected chi connectivity index (χ4v) is 6.96. The third kappa shape index (κ3) is 3.78. The molecule has 1 aliphatic heterocycles. The molecule has 134 valence electrons. The second-order valence-corrected chi connectivity index (χ2v) is 10.2. The largest absolute Gasteiger partial charge is 0.354 e. The summed E-state index contributed by atoms with van der Waals surface area (Å²) in [7, 11) is -7.30.